The number of hydrogen-bond acceptors (Lipinski definition) is 1. The van der Waals surface area contributed by atoms with Gasteiger partial charge < -0.3 is 5.11 Å². The number of carboxylic acid groups (broad SMARTS) is 1. The number of halogens is 1. The van der Waals surface area contributed by atoms with Crippen LogP contribution < -0.4 is 0 Å². The Bertz CT molecular complexity index is 314. The molecule has 68 valence electrons. The smallest absolute Gasteiger partial charge is 0.307 e. The molecule has 0 saturated heterocycles. The Hall–Kier alpha value is -1.09. The first kappa shape index (κ1) is 9.99. The molecule has 0 atom stereocenters. The number of hydrogen-bond donors (Lipinski definition) is 1. The number of carbonyl (C=O) groups is 1. The highest BCUT2D eigenvalue weighted by atomic mass is 79.9. The summed E-state index contributed by atoms with van der Waals surface area (Å²) < 4.78 is 1.02. The van der Waals surface area contributed by atoms with E-state index in [-0.39, 0.29) is 6.42 Å². The zero-order chi connectivity index (χ0) is 9.68. The molecule has 0 amide bonds. The van der Waals surface area contributed by atoms with Crippen LogP contribution in [0.25, 0.3) is 6.08 Å². The first-order chi connectivity index (χ1) is 6.18. The third kappa shape index (κ3) is 3.90. The van der Waals surface area contributed by atoms with Crippen LogP contribution >= 0.6 is 15.9 Å². The van der Waals surface area contributed by atoms with Gasteiger partial charge in [0.2, 0.25) is 0 Å². The lowest BCUT2D eigenvalue weighted by atomic mass is 10.2. The molecule has 0 spiro atoms. The highest BCUT2D eigenvalue weighted by molar-refractivity contribution is 9.10. The summed E-state index contributed by atoms with van der Waals surface area (Å²) in [5.74, 6) is -0.812. The highest BCUT2D eigenvalue weighted by Crippen LogP contribution is 2.11. The number of carboxylic acids is 1. The summed E-state index contributed by atoms with van der Waals surface area (Å²) >= 11 is 3.32. The van der Waals surface area contributed by atoms with Gasteiger partial charge in [0.15, 0.2) is 0 Å². The van der Waals surface area contributed by atoms with Gasteiger partial charge in [-0.15, -0.1) is 0 Å². The molecule has 0 aliphatic carbocycles. The van der Waals surface area contributed by atoms with E-state index in [0.717, 1.165) is 10.0 Å². The zero-order valence-corrected chi connectivity index (χ0v) is 8.49. The van der Waals surface area contributed by atoms with Gasteiger partial charge >= 0.3 is 5.97 Å². The van der Waals surface area contributed by atoms with E-state index < -0.39 is 5.97 Å². The van der Waals surface area contributed by atoms with Gasteiger partial charge in [-0.1, -0.05) is 40.2 Å². The molecule has 2 nitrogen and oxygen atoms in total. The lowest BCUT2D eigenvalue weighted by Crippen LogP contribution is -1.89. The maximum absolute atomic E-state index is 10.2. The molecule has 1 aromatic carbocycles. The summed E-state index contributed by atoms with van der Waals surface area (Å²) in [6, 6.07) is 7.67. The molecule has 0 aromatic heterocycles. The van der Waals surface area contributed by atoms with Crippen LogP contribution in [0.15, 0.2) is 34.8 Å². The van der Waals surface area contributed by atoms with Crippen LogP contribution in [0.2, 0.25) is 0 Å². The molecule has 0 saturated carbocycles. The first-order valence-electron chi connectivity index (χ1n) is 3.82. The quantitative estimate of drug-likeness (QED) is 0.883. The molecule has 0 radical (unpaired) electrons. The average Bonchev–Trinajstić information content (AvgIpc) is 2.08. The fourth-order valence-corrected chi connectivity index (χ4v) is 1.13. The van der Waals surface area contributed by atoms with Crippen LogP contribution in [0.3, 0.4) is 0 Å². The predicted octanol–water partition coefficient (Wildman–Crippen LogP) is 2.94. The van der Waals surface area contributed by atoms with Crippen LogP contribution in [0.4, 0.5) is 0 Å². The van der Waals surface area contributed by atoms with Crippen molar-refractivity contribution in [2.24, 2.45) is 0 Å². The van der Waals surface area contributed by atoms with Crippen molar-refractivity contribution in [2.45, 2.75) is 6.42 Å². The second-order valence-electron chi connectivity index (χ2n) is 2.55. The van der Waals surface area contributed by atoms with Crippen molar-refractivity contribution >= 4 is 28.0 Å². The largest absolute Gasteiger partial charge is 0.481 e. The third-order valence-corrected chi connectivity index (χ3v) is 2.00. The molecule has 0 heterocycles. The third-order valence-electron chi connectivity index (χ3n) is 1.47. The summed E-state index contributed by atoms with van der Waals surface area (Å²) in [5.41, 5.74) is 1.00. The summed E-state index contributed by atoms with van der Waals surface area (Å²) in [5, 5.41) is 8.38. The Morgan fingerprint density at radius 3 is 2.54 bits per heavy atom. The van der Waals surface area contributed by atoms with Crippen molar-refractivity contribution in [1.82, 2.24) is 0 Å². The van der Waals surface area contributed by atoms with Crippen LogP contribution in [-0.2, 0) is 4.79 Å². The van der Waals surface area contributed by atoms with E-state index in [9.17, 15) is 4.79 Å². The van der Waals surface area contributed by atoms with E-state index in [4.69, 9.17) is 5.11 Å². The normalized spacial score (nSPS) is 10.5. The standard InChI is InChI=1S/C10H9BrO2/c11-9-6-4-8(5-7-9)2-1-3-10(12)13/h1-2,4-7H,3H2,(H,12,13)/b2-1+. The van der Waals surface area contributed by atoms with Gasteiger partial charge in [0.1, 0.15) is 0 Å². The molecule has 3 heteroatoms. The first-order valence-corrected chi connectivity index (χ1v) is 4.61. The van der Waals surface area contributed by atoms with Gasteiger partial charge in [-0.3, -0.25) is 4.79 Å². The van der Waals surface area contributed by atoms with Crippen molar-refractivity contribution < 1.29 is 9.90 Å². The van der Waals surface area contributed by atoms with Crippen LogP contribution in [0, 0.1) is 0 Å². The minimum atomic E-state index is -0.812. The Kier molecular flexibility index (Phi) is 3.71. The minimum Gasteiger partial charge on any atom is -0.481 e. The summed E-state index contributed by atoms with van der Waals surface area (Å²) in [6.07, 6.45) is 3.49. The molecule has 0 unspecified atom stereocenters. The number of benzene rings is 1. The molecular formula is C10H9BrO2. The molecule has 1 aromatic rings. The van der Waals surface area contributed by atoms with Crippen LogP contribution in [-0.4, -0.2) is 11.1 Å². The van der Waals surface area contributed by atoms with Crippen molar-refractivity contribution in [3.05, 3.63) is 40.4 Å². The lowest BCUT2D eigenvalue weighted by molar-refractivity contribution is -0.135. The van der Waals surface area contributed by atoms with Crippen molar-refractivity contribution in [1.29, 1.82) is 0 Å². The Morgan fingerprint density at radius 2 is 2.00 bits per heavy atom. The maximum Gasteiger partial charge on any atom is 0.307 e. The van der Waals surface area contributed by atoms with Gasteiger partial charge in [0.05, 0.1) is 6.42 Å². The van der Waals surface area contributed by atoms with E-state index in [1.54, 1.807) is 12.2 Å². The van der Waals surface area contributed by atoms with E-state index in [1.165, 1.54) is 0 Å². The lowest BCUT2D eigenvalue weighted by Gasteiger charge is -1.92. The van der Waals surface area contributed by atoms with Gasteiger partial charge in [-0.25, -0.2) is 0 Å². The average molecular weight is 241 g/mol. The molecule has 0 aliphatic rings. The van der Waals surface area contributed by atoms with E-state index >= 15 is 0 Å². The molecule has 13 heavy (non-hydrogen) atoms. The van der Waals surface area contributed by atoms with E-state index in [0.29, 0.717) is 0 Å². The second-order valence-corrected chi connectivity index (χ2v) is 3.47. The molecule has 1 rings (SSSR count). The fourth-order valence-electron chi connectivity index (χ4n) is 0.870. The van der Waals surface area contributed by atoms with Crippen molar-refractivity contribution in [3.63, 3.8) is 0 Å². The molecule has 0 fully saturated rings. The Balaban J connectivity index is 2.59. The van der Waals surface area contributed by atoms with Crippen LogP contribution in [0.5, 0.6) is 0 Å². The van der Waals surface area contributed by atoms with Gasteiger partial charge in [0, 0.05) is 4.47 Å². The van der Waals surface area contributed by atoms with E-state index in [2.05, 4.69) is 15.9 Å². The molecule has 0 aliphatic heterocycles. The minimum absolute atomic E-state index is 0.0655. The SMILES string of the molecule is O=C(O)C/C=C/c1ccc(Br)cc1. The predicted molar refractivity (Wildman–Crippen MR) is 55.4 cm³/mol. The van der Waals surface area contributed by atoms with Crippen LogP contribution in [0.1, 0.15) is 12.0 Å². The van der Waals surface area contributed by atoms with Gasteiger partial charge in [-0.2, -0.15) is 0 Å². The van der Waals surface area contributed by atoms with Gasteiger partial charge in [-0.05, 0) is 17.7 Å². The van der Waals surface area contributed by atoms with Crippen molar-refractivity contribution in [3.8, 4) is 0 Å². The summed E-state index contributed by atoms with van der Waals surface area (Å²) in [6.45, 7) is 0. The molecule has 1 N–H and O–H groups in total. The topological polar surface area (TPSA) is 37.3 Å². The van der Waals surface area contributed by atoms with Crippen molar-refractivity contribution in [2.75, 3.05) is 0 Å². The molecular weight excluding hydrogens is 232 g/mol. The van der Waals surface area contributed by atoms with Gasteiger partial charge in [0.25, 0.3) is 0 Å². The Morgan fingerprint density at radius 1 is 1.38 bits per heavy atom. The summed E-state index contributed by atoms with van der Waals surface area (Å²) in [4.78, 5) is 10.2. The number of aliphatic carboxylic acids is 1. The monoisotopic (exact) mass is 240 g/mol. The highest BCUT2D eigenvalue weighted by Gasteiger charge is 1.90. The fraction of sp³-hybridized carbons (Fsp3) is 0.100. The number of rotatable bonds is 3. The second kappa shape index (κ2) is 4.82. The zero-order valence-electron chi connectivity index (χ0n) is 6.90. The molecule has 0 bridgehead atoms. The van der Waals surface area contributed by atoms with E-state index in [1.807, 2.05) is 24.3 Å². The Labute approximate surface area is 85.0 Å². The maximum atomic E-state index is 10.2. The summed E-state index contributed by atoms with van der Waals surface area (Å²) in [7, 11) is 0.